The van der Waals surface area contributed by atoms with Gasteiger partial charge in [0.15, 0.2) is 0 Å². The third kappa shape index (κ3) is 3.96. The molecule has 14 heavy (non-hydrogen) atoms. The largest absolute Gasteiger partial charge is 0.461 e. The maximum Gasteiger partial charge on any atom is 0.302 e. The molecule has 1 fully saturated rings. The summed E-state index contributed by atoms with van der Waals surface area (Å²) in [6.45, 7) is 7.57. The minimum Gasteiger partial charge on any atom is -0.461 e. The second kappa shape index (κ2) is 5.71. The van der Waals surface area contributed by atoms with E-state index in [4.69, 9.17) is 4.74 Å². The predicted molar refractivity (Wildman–Crippen MR) is 63.9 cm³/mol. The van der Waals surface area contributed by atoms with Crippen LogP contribution in [0.3, 0.4) is 0 Å². The van der Waals surface area contributed by atoms with E-state index < -0.39 is 0 Å². The zero-order chi connectivity index (χ0) is 10.6. The normalized spacial score (nSPS) is 29.1. The van der Waals surface area contributed by atoms with Gasteiger partial charge in [-0.1, -0.05) is 12.2 Å². The molecule has 1 aliphatic heterocycles. The van der Waals surface area contributed by atoms with E-state index in [2.05, 4.69) is 13.5 Å². The Morgan fingerprint density at radius 3 is 2.93 bits per heavy atom. The van der Waals surface area contributed by atoms with Gasteiger partial charge in [0.1, 0.15) is 6.10 Å². The van der Waals surface area contributed by atoms with Crippen LogP contribution < -0.4 is 0 Å². The van der Waals surface area contributed by atoms with Crippen LogP contribution in [0.15, 0.2) is 12.2 Å². The summed E-state index contributed by atoms with van der Waals surface area (Å²) in [5, 5.41) is 0.364. The standard InChI is InChI=1S/C10H16O2S2/c1-7-4-13-6-10(12-9(3)11)8(2)14-5-7/h8,10H,1,4-6H2,2-3H3. The van der Waals surface area contributed by atoms with Crippen LogP contribution in [0, 0.1) is 0 Å². The van der Waals surface area contributed by atoms with Crippen molar-refractivity contribution >= 4 is 29.5 Å². The number of hydrogen-bond acceptors (Lipinski definition) is 4. The molecule has 0 amide bonds. The van der Waals surface area contributed by atoms with E-state index in [0.29, 0.717) is 5.25 Å². The Bertz CT molecular complexity index is 228. The van der Waals surface area contributed by atoms with Crippen LogP contribution in [0.2, 0.25) is 0 Å². The Balaban J connectivity index is 2.48. The summed E-state index contributed by atoms with van der Waals surface area (Å²) in [6, 6.07) is 0. The Labute approximate surface area is 93.8 Å². The van der Waals surface area contributed by atoms with Gasteiger partial charge in [0, 0.05) is 29.4 Å². The highest BCUT2D eigenvalue weighted by Gasteiger charge is 2.22. The van der Waals surface area contributed by atoms with Crippen molar-refractivity contribution in [3.8, 4) is 0 Å². The maximum atomic E-state index is 10.9. The molecule has 0 N–H and O–H groups in total. The Morgan fingerprint density at radius 1 is 1.57 bits per heavy atom. The van der Waals surface area contributed by atoms with E-state index in [1.165, 1.54) is 12.5 Å². The zero-order valence-corrected chi connectivity index (χ0v) is 10.2. The van der Waals surface area contributed by atoms with Crippen molar-refractivity contribution in [3.63, 3.8) is 0 Å². The van der Waals surface area contributed by atoms with Gasteiger partial charge in [-0.25, -0.2) is 0 Å². The van der Waals surface area contributed by atoms with Crippen LogP contribution in [0.1, 0.15) is 13.8 Å². The third-order valence-corrected chi connectivity index (χ3v) is 4.56. The van der Waals surface area contributed by atoms with E-state index in [1.54, 1.807) is 11.8 Å². The van der Waals surface area contributed by atoms with Crippen molar-refractivity contribution in [2.75, 3.05) is 17.3 Å². The highest BCUT2D eigenvalue weighted by atomic mass is 32.2. The predicted octanol–water partition coefficient (Wildman–Crippen LogP) is 2.34. The average molecular weight is 232 g/mol. The zero-order valence-electron chi connectivity index (χ0n) is 8.62. The van der Waals surface area contributed by atoms with Gasteiger partial charge in [-0.2, -0.15) is 23.5 Å². The quantitative estimate of drug-likeness (QED) is 0.512. The van der Waals surface area contributed by atoms with Crippen molar-refractivity contribution in [2.45, 2.75) is 25.2 Å². The fourth-order valence-corrected chi connectivity index (χ4v) is 3.51. The van der Waals surface area contributed by atoms with Crippen LogP contribution in [-0.4, -0.2) is 34.6 Å². The van der Waals surface area contributed by atoms with E-state index in [-0.39, 0.29) is 12.1 Å². The number of thioether (sulfide) groups is 2. The van der Waals surface area contributed by atoms with Gasteiger partial charge < -0.3 is 4.74 Å². The molecule has 0 aromatic carbocycles. The summed E-state index contributed by atoms with van der Waals surface area (Å²) >= 11 is 3.62. The highest BCUT2D eigenvalue weighted by molar-refractivity contribution is 8.01. The number of esters is 1. The fourth-order valence-electron chi connectivity index (χ4n) is 1.20. The molecule has 1 aliphatic rings. The SMILES string of the molecule is C=C1CSCC(OC(C)=O)C(C)SC1. The second-order valence-corrected chi connectivity index (χ2v) is 5.82. The molecule has 1 heterocycles. The van der Waals surface area contributed by atoms with E-state index in [1.807, 2.05) is 11.8 Å². The monoisotopic (exact) mass is 232 g/mol. The van der Waals surface area contributed by atoms with Crippen LogP contribution in [0.5, 0.6) is 0 Å². The van der Waals surface area contributed by atoms with Gasteiger partial charge in [-0.3, -0.25) is 4.79 Å². The highest BCUT2D eigenvalue weighted by Crippen LogP contribution is 2.26. The second-order valence-electron chi connectivity index (χ2n) is 3.43. The van der Waals surface area contributed by atoms with Crippen molar-refractivity contribution < 1.29 is 9.53 Å². The van der Waals surface area contributed by atoms with Crippen molar-refractivity contribution in [3.05, 3.63) is 12.2 Å². The summed E-state index contributed by atoms with van der Waals surface area (Å²) in [7, 11) is 0. The Morgan fingerprint density at radius 2 is 2.29 bits per heavy atom. The summed E-state index contributed by atoms with van der Waals surface area (Å²) in [5.41, 5.74) is 1.27. The number of ether oxygens (including phenoxy) is 1. The lowest BCUT2D eigenvalue weighted by Crippen LogP contribution is -2.30. The molecule has 2 unspecified atom stereocenters. The molecular weight excluding hydrogens is 216 g/mol. The molecule has 0 spiro atoms. The smallest absolute Gasteiger partial charge is 0.302 e. The van der Waals surface area contributed by atoms with Gasteiger partial charge in [0.25, 0.3) is 0 Å². The molecule has 0 aliphatic carbocycles. The topological polar surface area (TPSA) is 26.3 Å². The summed E-state index contributed by atoms with van der Waals surface area (Å²) < 4.78 is 5.26. The Hall–Kier alpha value is -0.0900. The van der Waals surface area contributed by atoms with Gasteiger partial charge in [0.2, 0.25) is 0 Å². The summed E-state index contributed by atoms with van der Waals surface area (Å²) in [5.74, 6) is 2.67. The lowest BCUT2D eigenvalue weighted by molar-refractivity contribution is -0.145. The van der Waals surface area contributed by atoms with E-state index in [9.17, 15) is 4.79 Å². The van der Waals surface area contributed by atoms with Crippen LogP contribution in [-0.2, 0) is 9.53 Å². The first-order chi connectivity index (χ1) is 6.59. The van der Waals surface area contributed by atoms with E-state index >= 15 is 0 Å². The molecule has 2 atom stereocenters. The molecule has 0 radical (unpaired) electrons. The molecule has 80 valence electrons. The maximum absolute atomic E-state index is 10.9. The molecule has 1 saturated heterocycles. The molecule has 0 aromatic heterocycles. The summed E-state index contributed by atoms with van der Waals surface area (Å²) in [6.07, 6.45) is 0.0515. The number of hydrogen-bond donors (Lipinski definition) is 0. The molecule has 1 rings (SSSR count). The first-order valence-electron chi connectivity index (χ1n) is 4.63. The molecule has 0 saturated carbocycles. The molecule has 0 aromatic rings. The molecule has 4 heteroatoms. The fraction of sp³-hybridized carbons (Fsp3) is 0.700. The average Bonchev–Trinajstić information content (AvgIpc) is 2.10. The minimum atomic E-state index is -0.178. The van der Waals surface area contributed by atoms with Gasteiger partial charge in [0.05, 0.1) is 0 Å². The van der Waals surface area contributed by atoms with Gasteiger partial charge >= 0.3 is 5.97 Å². The van der Waals surface area contributed by atoms with Crippen LogP contribution >= 0.6 is 23.5 Å². The first-order valence-corrected chi connectivity index (χ1v) is 6.83. The van der Waals surface area contributed by atoms with Gasteiger partial charge in [-0.05, 0) is 6.92 Å². The number of carbonyl (C=O) groups excluding carboxylic acids is 1. The van der Waals surface area contributed by atoms with Crippen LogP contribution in [0.4, 0.5) is 0 Å². The molecule has 2 nitrogen and oxygen atoms in total. The van der Waals surface area contributed by atoms with Crippen molar-refractivity contribution in [1.29, 1.82) is 0 Å². The van der Waals surface area contributed by atoms with Gasteiger partial charge in [-0.15, -0.1) is 0 Å². The summed E-state index contributed by atoms with van der Waals surface area (Å²) in [4.78, 5) is 10.9. The first kappa shape index (κ1) is 12.0. The van der Waals surface area contributed by atoms with E-state index in [0.717, 1.165) is 17.3 Å². The molecule has 0 bridgehead atoms. The number of rotatable bonds is 1. The van der Waals surface area contributed by atoms with Crippen molar-refractivity contribution in [2.24, 2.45) is 0 Å². The number of carbonyl (C=O) groups is 1. The minimum absolute atomic E-state index is 0.0515. The Kier molecular flexibility index (Phi) is 4.89. The third-order valence-electron chi connectivity index (χ3n) is 1.98. The lowest BCUT2D eigenvalue weighted by Gasteiger charge is -2.25. The lowest BCUT2D eigenvalue weighted by atomic mass is 10.3. The molecular formula is C10H16O2S2. The van der Waals surface area contributed by atoms with Crippen molar-refractivity contribution in [1.82, 2.24) is 0 Å². The van der Waals surface area contributed by atoms with Crippen LogP contribution in [0.25, 0.3) is 0 Å².